The van der Waals surface area contributed by atoms with E-state index in [9.17, 15) is 4.79 Å². The van der Waals surface area contributed by atoms with E-state index in [0.29, 0.717) is 18.2 Å². The molecule has 2 rings (SSSR count). The van der Waals surface area contributed by atoms with Crippen LogP contribution >= 0.6 is 11.6 Å². The zero-order chi connectivity index (χ0) is 16.7. The Morgan fingerprint density at radius 3 is 2.39 bits per heavy atom. The molecule has 2 aromatic rings. The summed E-state index contributed by atoms with van der Waals surface area (Å²) < 4.78 is 11.2. The van der Waals surface area contributed by atoms with Gasteiger partial charge in [-0.2, -0.15) is 0 Å². The first kappa shape index (κ1) is 17.5. The number of hydrogen-bond donors (Lipinski definition) is 0. The van der Waals surface area contributed by atoms with Crippen LogP contribution in [0.5, 0.6) is 0 Å². The van der Waals surface area contributed by atoms with E-state index in [0.717, 1.165) is 11.1 Å². The molecular formula is C19H21ClO3. The third kappa shape index (κ3) is 5.38. The van der Waals surface area contributed by atoms with Gasteiger partial charge in [-0.15, -0.1) is 0 Å². The summed E-state index contributed by atoms with van der Waals surface area (Å²) in [4.78, 5) is 11.4. The molecule has 2 unspecified atom stereocenters. The minimum atomic E-state index is -0.379. The zero-order valence-corrected chi connectivity index (χ0v) is 14.1. The van der Waals surface area contributed by atoms with E-state index in [1.54, 1.807) is 0 Å². The Morgan fingerprint density at radius 1 is 1.09 bits per heavy atom. The smallest absolute Gasteiger partial charge is 0.303 e. The molecule has 0 aromatic heterocycles. The predicted molar refractivity (Wildman–Crippen MR) is 91.5 cm³/mol. The van der Waals surface area contributed by atoms with Crippen molar-refractivity contribution in [2.45, 2.75) is 32.5 Å². The number of halogens is 1. The summed E-state index contributed by atoms with van der Waals surface area (Å²) in [5.74, 6) is -0.374. The van der Waals surface area contributed by atoms with Gasteiger partial charge in [0.1, 0.15) is 6.10 Å². The van der Waals surface area contributed by atoms with Crippen LogP contribution in [0.2, 0.25) is 5.02 Å². The van der Waals surface area contributed by atoms with Crippen LogP contribution in [0.1, 0.15) is 30.9 Å². The average Bonchev–Trinajstić information content (AvgIpc) is 2.54. The van der Waals surface area contributed by atoms with Gasteiger partial charge in [0.15, 0.2) is 0 Å². The molecule has 0 radical (unpaired) electrons. The highest BCUT2D eigenvalue weighted by atomic mass is 35.5. The van der Waals surface area contributed by atoms with Gasteiger partial charge in [-0.3, -0.25) is 4.79 Å². The van der Waals surface area contributed by atoms with Crippen LogP contribution in [0.3, 0.4) is 0 Å². The Bertz CT molecular complexity index is 628. The molecule has 0 aliphatic carbocycles. The largest absolute Gasteiger partial charge is 0.459 e. The first-order valence-corrected chi connectivity index (χ1v) is 7.99. The monoisotopic (exact) mass is 332 g/mol. The number of ether oxygens (including phenoxy) is 2. The maximum absolute atomic E-state index is 11.4. The molecular weight excluding hydrogens is 312 g/mol. The summed E-state index contributed by atoms with van der Waals surface area (Å²) in [5.41, 5.74) is 2.03. The van der Waals surface area contributed by atoms with Gasteiger partial charge in [0.25, 0.3) is 0 Å². The molecule has 23 heavy (non-hydrogen) atoms. The molecule has 2 aromatic carbocycles. The maximum atomic E-state index is 11.4. The third-order valence-electron chi connectivity index (χ3n) is 3.66. The van der Waals surface area contributed by atoms with Crippen LogP contribution in [0.15, 0.2) is 54.6 Å². The molecule has 0 spiro atoms. The fraction of sp³-hybridized carbons (Fsp3) is 0.316. The van der Waals surface area contributed by atoms with Crippen LogP contribution in [0.4, 0.5) is 0 Å². The lowest BCUT2D eigenvalue weighted by molar-refractivity contribution is -0.151. The highest BCUT2D eigenvalue weighted by Gasteiger charge is 2.24. The number of esters is 1. The summed E-state index contributed by atoms with van der Waals surface area (Å²) in [6.07, 6.45) is -0.379. The lowest BCUT2D eigenvalue weighted by atomic mass is 9.95. The van der Waals surface area contributed by atoms with Gasteiger partial charge in [-0.25, -0.2) is 0 Å². The molecule has 2 atom stereocenters. The number of hydrogen-bond acceptors (Lipinski definition) is 3. The van der Waals surface area contributed by atoms with Crippen molar-refractivity contribution in [3.63, 3.8) is 0 Å². The quantitative estimate of drug-likeness (QED) is 0.695. The van der Waals surface area contributed by atoms with E-state index in [-0.39, 0.29) is 18.0 Å². The molecule has 0 bridgehead atoms. The van der Waals surface area contributed by atoms with E-state index in [2.05, 4.69) is 0 Å². The van der Waals surface area contributed by atoms with Crippen LogP contribution in [0, 0.1) is 0 Å². The second-order valence-electron chi connectivity index (χ2n) is 5.46. The van der Waals surface area contributed by atoms with Crippen molar-refractivity contribution in [2.24, 2.45) is 0 Å². The fourth-order valence-electron chi connectivity index (χ4n) is 2.41. The van der Waals surface area contributed by atoms with Gasteiger partial charge in [0, 0.05) is 17.9 Å². The summed E-state index contributed by atoms with van der Waals surface area (Å²) in [6, 6.07) is 17.5. The van der Waals surface area contributed by atoms with E-state index in [4.69, 9.17) is 21.1 Å². The molecule has 0 N–H and O–H groups in total. The number of carbonyl (C=O) groups is 1. The zero-order valence-electron chi connectivity index (χ0n) is 13.4. The van der Waals surface area contributed by atoms with Crippen molar-refractivity contribution in [1.82, 2.24) is 0 Å². The van der Waals surface area contributed by atoms with Gasteiger partial charge >= 0.3 is 5.97 Å². The summed E-state index contributed by atoms with van der Waals surface area (Å²) >= 11 is 6.25. The number of rotatable bonds is 7. The highest BCUT2D eigenvalue weighted by molar-refractivity contribution is 6.31. The third-order valence-corrected chi connectivity index (χ3v) is 4.01. The standard InChI is InChI=1S/C19H21ClO3/c1-14(17-10-6-7-11-18(17)20)19(23-15(2)21)13-22-12-16-8-4-3-5-9-16/h3-11,14,19H,12-13H2,1-2H3. The van der Waals surface area contributed by atoms with E-state index in [1.807, 2.05) is 61.5 Å². The van der Waals surface area contributed by atoms with Crippen molar-refractivity contribution in [3.8, 4) is 0 Å². The van der Waals surface area contributed by atoms with E-state index in [1.165, 1.54) is 6.92 Å². The molecule has 3 nitrogen and oxygen atoms in total. The topological polar surface area (TPSA) is 35.5 Å². The van der Waals surface area contributed by atoms with Crippen molar-refractivity contribution in [1.29, 1.82) is 0 Å². The van der Waals surface area contributed by atoms with Crippen LogP contribution in [-0.2, 0) is 20.9 Å². The Hall–Kier alpha value is -1.84. The van der Waals surface area contributed by atoms with Gasteiger partial charge in [-0.1, -0.05) is 67.1 Å². The molecule has 0 saturated heterocycles. The van der Waals surface area contributed by atoms with Crippen LogP contribution in [0.25, 0.3) is 0 Å². The van der Waals surface area contributed by atoms with E-state index >= 15 is 0 Å². The lowest BCUT2D eigenvalue weighted by Gasteiger charge is -2.24. The first-order chi connectivity index (χ1) is 11.1. The van der Waals surface area contributed by atoms with Crippen LogP contribution < -0.4 is 0 Å². The molecule has 0 aliphatic rings. The first-order valence-electron chi connectivity index (χ1n) is 7.61. The average molecular weight is 333 g/mol. The summed E-state index contributed by atoms with van der Waals surface area (Å²) in [5, 5.41) is 0.667. The molecule has 0 heterocycles. The minimum absolute atomic E-state index is 0.0524. The molecule has 0 aliphatic heterocycles. The Morgan fingerprint density at radius 2 is 1.74 bits per heavy atom. The molecule has 0 amide bonds. The van der Waals surface area contributed by atoms with Crippen molar-refractivity contribution < 1.29 is 14.3 Å². The predicted octanol–water partition coefficient (Wildman–Crippen LogP) is 4.59. The maximum Gasteiger partial charge on any atom is 0.303 e. The van der Waals surface area contributed by atoms with Gasteiger partial charge in [-0.05, 0) is 17.2 Å². The van der Waals surface area contributed by atoms with Gasteiger partial charge < -0.3 is 9.47 Å². The summed E-state index contributed by atoms with van der Waals surface area (Å²) in [7, 11) is 0. The highest BCUT2D eigenvalue weighted by Crippen LogP contribution is 2.28. The molecule has 122 valence electrons. The van der Waals surface area contributed by atoms with Crippen LogP contribution in [-0.4, -0.2) is 18.7 Å². The van der Waals surface area contributed by atoms with E-state index < -0.39 is 0 Å². The minimum Gasteiger partial charge on any atom is -0.459 e. The SMILES string of the molecule is CC(=O)OC(COCc1ccccc1)C(C)c1ccccc1Cl. The fourth-order valence-corrected chi connectivity index (χ4v) is 2.71. The second kappa shape index (κ2) is 8.70. The molecule has 4 heteroatoms. The van der Waals surface area contributed by atoms with Gasteiger partial charge in [0.05, 0.1) is 13.2 Å². The van der Waals surface area contributed by atoms with Crippen molar-refractivity contribution in [2.75, 3.05) is 6.61 Å². The lowest BCUT2D eigenvalue weighted by Crippen LogP contribution is -2.28. The number of carbonyl (C=O) groups excluding carboxylic acids is 1. The van der Waals surface area contributed by atoms with Crippen molar-refractivity contribution >= 4 is 17.6 Å². The summed E-state index contributed by atoms with van der Waals surface area (Å²) in [6.45, 7) is 4.19. The Balaban J connectivity index is 2.01. The normalized spacial score (nSPS) is 13.3. The Labute approximate surface area is 142 Å². The second-order valence-corrected chi connectivity index (χ2v) is 5.87. The molecule has 0 saturated carbocycles. The van der Waals surface area contributed by atoms with Gasteiger partial charge in [0.2, 0.25) is 0 Å². The Kier molecular flexibility index (Phi) is 6.63. The van der Waals surface area contributed by atoms with Crippen molar-refractivity contribution in [3.05, 3.63) is 70.7 Å². The number of benzene rings is 2. The molecule has 0 fully saturated rings.